The van der Waals surface area contributed by atoms with Gasteiger partial charge < -0.3 is 0 Å². The molecule has 0 N–H and O–H groups in total. The average molecular weight is 262 g/mol. The van der Waals surface area contributed by atoms with Crippen molar-refractivity contribution in [3.05, 3.63) is 0 Å². The summed E-state index contributed by atoms with van der Waals surface area (Å²) < 4.78 is 0. The fourth-order valence-corrected chi connectivity index (χ4v) is 3.56. The van der Waals surface area contributed by atoms with Crippen molar-refractivity contribution in [2.75, 3.05) is 5.75 Å². The SMILES string of the molecule is CC[C@H](C)CS(=S)I. The normalized spacial score (nSPS) is 17.9. The Kier molecular flexibility index (Phi) is 5.94. The van der Waals surface area contributed by atoms with Gasteiger partial charge in [0.2, 0.25) is 0 Å². The van der Waals surface area contributed by atoms with E-state index >= 15 is 0 Å². The summed E-state index contributed by atoms with van der Waals surface area (Å²) in [6.45, 7) is 4.67. The van der Waals surface area contributed by atoms with Crippen molar-refractivity contribution in [2.24, 2.45) is 5.92 Å². The number of hydrogen-bond donors (Lipinski definition) is 0. The van der Waals surface area contributed by atoms with Crippen LogP contribution >= 0.6 is 21.2 Å². The summed E-state index contributed by atoms with van der Waals surface area (Å²) in [5, 5.41) is 0. The van der Waals surface area contributed by atoms with Crippen LogP contribution in [-0.4, -0.2) is 5.75 Å². The molecule has 0 heterocycles. The molecule has 0 rings (SSSR count). The molecule has 0 nitrogen and oxygen atoms in total. The number of rotatable bonds is 3. The molecule has 1 unspecified atom stereocenters. The quantitative estimate of drug-likeness (QED) is 0.556. The summed E-state index contributed by atoms with van der Waals surface area (Å²) in [7, 11) is 0. The topological polar surface area (TPSA) is 0 Å². The fraction of sp³-hybridized carbons (Fsp3) is 1.00. The molecule has 0 aliphatic rings. The molecule has 0 aromatic rings. The van der Waals surface area contributed by atoms with Gasteiger partial charge in [0.25, 0.3) is 0 Å². The summed E-state index contributed by atoms with van der Waals surface area (Å²) in [4.78, 5) is 0. The van der Waals surface area contributed by atoms with E-state index in [1.54, 1.807) is 0 Å². The molecule has 0 bridgehead atoms. The highest BCUT2D eigenvalue weighted by atomic mass is 127. The highest BCUT2D eigenvalue weighted by Crippen LogP contribution is 2.06. The third-order valence-corrected chi connectivity index (χ3v) is 3.43. The first kappa shape index (κ1) is 9.30. The lowest BCUT2D eigenvalue weighted by Gasteiger charge is -2.03. The van der Waals surface area contributed by atoms with Gasteiger partial charge in [0, 0.05) is 27.0 Å². The van der Waals surface area contributed by atoms with Gasteiger partial charge in [-0.1, -0.05) is 26.9 Å². The number of hydrogen-bond acceptors (Lipinski definition) is 1. The average Bonchev–Trinajstić information content (AvgIpc) is 1.65. The van der Waals surface area contributed by atoms with E-state index in [1.807, 2.05) is 0 Å². The zero-order valence-electron chi connectivity index (χ0n) is 5.19. The summed E-state index contributed by atoms with van der Waals surface area (Å²) in [5.74, 6) is 2.04. The van der Waals surface area contributed by atoms with Gasteiger partial charge in [0.1, 0.15) is 0 Å². The van der Waals surface area contributed by atoms with Crippen LogP contribution in [0.25, 0.3) is 0 Å². The van der Waals surface area contributed by atoms with Crippen molar-refractivity contribution in [1.29, 1.82) is 0 Å². The lowest BCUT2D eigenvalue weighted by Crippen LogP contribution is -1.99. The van der Waals surface area contributed by atoms with Crippen LogP contribution in [0.3, 0.4) is 0 Å². The largest absolute Gasteiger partial charge is 0.0651 e. The molecule has 0 aromatic heterocycles. The van der Waals surface area contributed by atoms with E-state index in [-0.39, 0.29) is 6.63 Å². The molecule has 0 saturated heterocycles. The first-order valence-electron chi connectivity index (χ1n) is 2.71. The van der Waals surface area contributed by atoms with Crippen molar-refractivity contribution < 1.29 is 0 Å². The molecule has 0 aliphatic carbocycles. The zero-order valence-corrected chi connectivity index (χ0v) is 8.98. The lowest BCUT2D eigenvalue weighted by atomic mass is 10.2. The van der Waals surface area contributed by atoms with Gasteiger partial charge in [-0.05, 0) is 17.1 Å². The maximum atomic E-state index is 5.04. The third kappa shape index (κ3) is 5.44. The Morgan fingerprint density at radius 3 is 2.38 bits per heavy atom. The lowest BCUT2D eigenvalue weighted by molar-refractivity contribution is 0.638. The Balaban J connectivity index is 3.24. The monoisotopic (exact) mass is 262 g/mol. The minimum atomic E-state index is 0.208. The van der Waals surface area contributed by atoms with Crippen molar-refractivity contribution in [3.63, 3.8) is 0 Å². The smallest absolute Gasteiger partial charge is 0.00997 e. The molecule has 8 heavy (non-hydrogen) atoms. The molecular weight excluding hydrogens is 251 g/mol. The molecule has 0 aliphatic heterocycles. The maximum absolute atomic E-state index is 5.04. The van der Waals surface area contributed by atoms with E-state index in [4.69, 9.17) is 11.2 Å². The van der Waals surface area contributed by atoms with E-state index in [0.29, 0.717) is 0 Å². The summed E-state index contributed by atoms with van der Waals surface area (Å²) in [6.07, 6.45) is 1.27. The molecular formula is C5H11IS2. The Morgan fingerprint density at radius 2 is 2.25 bits per heavy atom. The zero-order chi connectivity index (χ0) is 6.57. The molecule has 0 fully saturated rings. The second kappa shape index (κ2) is 5.11. The van der Waals surface area contributed by atoms with Crippen LogP contribution in [0.2, 0.25) is 0 Å². The molecule has 0 aromatic carbocycles. The van der Waals surface area contributed by atoms with Gasteiger partial charge in [0.15, 0.2) is 0 Å². The van der Waals surface area contributed by atoms with Crippen molar-refractivity contribution in [3.8, 4) is 0 Å². The highest BCUT2D eigenvalue weighted by Gasteiger charge is 1.97. The van der Waals surface area contributed by atoms with Crippen LogP contribution in [0.4, 0.5) is 0 Å². The van der Waals surface area contributed by atoms with Crippen LogP contribution in [0, 0.1) is 5.92 Å². The molecule has 0 amide bonds. The predicted octanol–water partition coefficient (Wildman–Crippen LogP) is 2.46. The van der Waals surface area contributed by atoms with Gasteiger partial charge in [-0.25, -0.2) is 0 Å². The highest BCUT2D eigenvalue weighted by molar-refractivity contribution is 14.2. The molecule has 50 valence electrons. The number of halogens is 1. The van der Waals surface area contributed by atoms with Crippen molar-refractivity contribution in [1.82, 2.24) is 0 Å². The van der Waals surface area contributed by atoms with Crippen LogP contribution in [0.15, 0.2) is 0 Å². The fourth-order valence-electron chi connectivity index (χ4n) is 0.342. The second-order valence-electron chi connectivity index (χ2n) is 1.97. The maximum Gasteiger partial charge on any atom is 0.00997 e. The summed E-state index contributed by atoms with van der Waals surface area (Å²) in [6, 6.07) is 0. The van der Waals surface area contributed by atoms with Crippen molar-refractivity contribution >= 4 is 39.0 Å². The Bertz CT molecular complexity index is 82.5. The Morgan fingerprint density at radius 1 is 1.75 bits per heavy atom. The van der Waals surface area contributed by atoms with Gasteiger partial charge in [-0.2, -0.15) is 0 Å². The van der Waals surface area contributed by atoms with Crippen LogP contribution in [0.1, 0.15) is 20.3 Å². The molecule has 2 atom stereocenters. The molecule has 0 saturated carbocycles. The van der Waals surface area contributed by atoms with E-state index in [9.17, 15) is 0 Å². The van der Waals surface area contributed by atoms with Gasteiger partial charge in [0.05, 0.1) is 0 Å². The third-order valence-electron chi connectivity index (χ3n) is 1.11. The van der Waals surface area contributed by atoms with Gasteiger partial charge in [-0.3, -0.25) is 0 Å². The minimum Gasteiger partial charge on any atom is -0.0651 e. The van der Waals surface area contributed by atoms with Gasteiger partial charge in [-0.15, -0.1) is 0 Å². The van der Waals surface area contributed by atoms with Gasteiger partial charge >= 0.3 is 0 Å². The van der Waals surface area contributed by atoms with E-state index in [1.165, 1.54) is 12.2 Å². The Hall–Kier alpha value is 1.30. The van der Waals surface area contributed by atoms with Crippen LogP contribution in [-0.2, 0) is 17.8 Å². The standard InChI is InChI=1S/C5H11IS2/c1-3-5(2)4-8(6)7/h5H,3-4H2,1-2H3/t5-,8?/m0/s1. The van der Waals surface area contributed by atoms with E-state index in [0.717, 1.165) is 5.92 Å². The first-order chi connectivity index (χ1) is 3.66. The van der Waals surface area contributed by atoms with E-state index < -0.39 is 0 Å². The second-order valence-corrected chi connectivity index (χ2v) is 9.07. The molecule has 3 heteroatoms. The summed E-state index contributed by atoms with van der Waals surface area (Å²) in [5.41, 5.74) is 0. The van der Waals surface area contributed by atoms with E-state index in [2.05, 4.69) is 35.1 Å². The minimum absolute atomic E-state index is 0.208. The van der Waals surface area contributed by atoms with Crippen molar-refractivity contribution in [2.45, 2.75) is 20.3 Å². The summed E-state index contributed by atoms with van der Waals surface area (Å²) >= 11 is 7.36. The molecule has 0 spiro atoms. The molecule has 0 radical (unpaired) electrons. The van der Waals surface area contributed by atoms with Crippen LogP contribution < -0.4 is 0 Å². The predicted molar refractivity (Wildman–Crippen MR) is 53.1 cm³/mol. The van der Waals surface area contributed by atoms with Crippen LogP contribution in [0.5, 0.6) is 0 Å². The first-order valence-corrected chi connectivity index (χ1v) is 7.57. The Labute approximate surface area is 70.6 Å².